The van der Waals surface area contributed by atoms with Crippen molar-refractivity contribution in [1.29, 1.82) is 0 Å². The predicted octanol–water partition coefficient (Wildman–Crippen LogP) is 5.02. The van der Waals surface area contributed by atoms with Crippen LogP contribution >= 0.6 is 11.6 Å². The number of aromatic nitrogens is 1. The number of hydrogen-bond donors (Lipinski definition) is 1. The van der Waals surface area contributed by atoms with Gasteiger partial charge in [-0.05, 0) is 35.7 Å². The van der Waals surface area contributed by atoms with Crippen LogP contribution in [0.2, 0.25) is 5.02 Å². The summed E-state index contributed by atoms with van der Waals surface area (Å²) in [6.45, 7) is 2.02. The van der Waals surface area contributed by atoms with E-state index in [2.05, 4.69) is 10.3 Å². The topological polar surface area (TPSA) is 42.0 Å². The van der Waals surface area contributed by atoms with Gasteiger partial charge in [0.25, 0.3) is 0 Å². The number of nitrogens with one attached hydrogen (secondary N) is 1. The number of anilines is 1. The zero-order valence-electron chi connectivity index (χ0n) is 12.8. The monoisotopic (exact) mass is 324 g/mol. The third kappa shape index (κ3) is 3.69. The van der Waals surface area contributed by atoms with Crippen LogP contribution < -0.4 is 5.32 Å². The van der Waals surface area contributed by atoms with E-state index in [1.165, 1.54) is 0 Å². The second-order valence-electron chi connectivity index (χ2n) is 5.59. The summed E-state index contributed by atoms with van der Waals surface area (Å²) in [7, 11) is 0. The number of amides is 1. The first kappa shape index (κ1) is 15.5. The molecule has 0 bridgehead atoms. The Balaban J connectivity index is 1.74. The molecule has 0 aliphatic rings. The van der Waals surface area contributed by atoms with Crippen LogP contribution in [0, 0.1) is 0 Å². The fourth-order valence-electron chi connectivity index (χ4n) is 2.62. The molecule has 2 aromatic carbocycles. The summed E-state index contributed by atoms with van der Waals surface area (Å²) in [4.78, 5) is 16.7. The molecule has 23 heavy (non-hydrogen) atoms. The van der Waals surface area contributed by atoms with Gasteiger partial charge in [-0.25, -0.2) is 0 Å². The van der Waals surface area contributed by atoms with E-state index in [9.17, 15) is 4.79 Å². The zero-order chi connectivity index (χ0) is 16.2. The van der Waals surface area contributed by atoms with E-state index >= 15 is 0 Å². The van der Waals surface area contributed by atoms with E-state index < -0.39 is 0 Å². The molecule has 4 heteroatoms. The molecule has 0 saturated carbocycles. The highest BCUT2D eigenvalue weighted by Gasteiger charge is 2.13. The molecule has 116 valence electrons. The number of rotatable bonds is 4. The Labute approximate surface area is 140 Å². The van der Waals surface area contributed by atoms with Crippen molar-refractivity contribution in [3.63, 3.8) is 0 Å². The summed E-state index contributed by atoms with van der Waals surface area (Å²) in [5.74, 6) is 0.0623. The lowest BCUT2D eigenvalue weighted by Gasteiger charge is -2.13. The van der Waals surface area contributed by atoms with Crippen LogP contribution in [0.1, 0.15) is 24.8 Å². The average molecular weight is 325 g/mol. The highest BCUT2D eigenvalue weighted by atomic mass is 35.5. The van der Waals surface area contributed by atoms with Crippen molar-refractivity contribution in [3.8, 4) is 0 Å². The minimum Gasteiger partial charge on any atom is -0.324 e. The fraction of sp³-hybridized carbons (Fsp3) is 0.158. The minimum atomic E-state index is -0.0318. The summed E-state index contributed by atoms with van der Waals surface area (Å²) in [6, 6.07) is 17.3. The largest absolute Gasteiger partial charge is 0.324 e. The van der Waals surface area contributed by atoms with Crippen LogP contribution in [0.5, 0.6) is 0 Å². The fourth-order valence-corrected chi connectivity index (χ4v) is 2.81. The van der Waals surface area contributed by atoms with Gasteiger partial charge in [-0.1, -0.05) is 48.9 Å². The maximum atomic E-state index is 12.4. The molecule has 1 unspecified atom stereocenters. The molecule has 1 N–H and O–H groups in total. The first-order valence-electron chi connectivity index (χ1n) is 7.52. The summed E-state index contributed by atoms with van der Waals surface area (Å²) in [5.41, 5.74) is 2.61. The summed E-state index contributed by atoms with van der Waals surface area (Å²) < 4.78 is 0. The number of fused-ring (bicyclic) bond motifs is 1. The van der Waals surface area contributed by atoms with Gasteiger partial charge in [0.2, 0.25) is 5.91 Å². The lowest BCUT2D eigenvalue weighted by atomic mass is 9.97. The lowest BCUT2D eigenvalue weighted by molar-refractivity contribution is -0.116. The molecule has 1 heterocycles. The van der Waals surface area contributed by atoms with E-state index in [-0.39, 0.29) is 11.8 Å². The SMILES string of the molecule is CC(CC(=O)Nc1cccc2cccnc12)c1cccc(Cl)c1. The molecule has 1 amide bonds. The Kier molecular flexibility index (Phi) is 4.58. The number of benzene rings is 2. The summed E-state index contributed by atoms with van der Waals surface area (Å²) >= 11 is 6.01. The smallest absolute Gasteiger partial charge is 0.225 e. The van der Waals surface area contributed by atoms with E-state index in [0.29, 0.717) is 11.4 Å². The van der Waals surface area contributed by atoms with E-state index in [1.807, 2.05) is 61.5 Å². The molecule has 0 aliphatic heterocycles. The third-order valence-corrected chi connectivity index (χ3v) is 4.05. The van der Waals surface area contributed by atoms with Gasteiger partial charge in [-0.15, -0.1) is 0 Å². The Morgan fingerprint density at radius 3 is 2.78 bits per heavy atom. The van der Waals surface area contributed by atoms with Crippen molar-refractivity contribution in [2.75, 3.05) is 5.32 Å². The Hall–Kier alpha value is -2.39. The summed E-state index contributed by atoms with van der Waals surface area (Å²) in [6.07, 6.45) is 2.12. The molecule has 3 nitrogen and oxygen atoms in total. The Bertz CT molecular complexity index is 842. The van der Waals surface area contributed by atoms with Crippen molar-refractivity contribution in [2.45, 2.75) is 19.3 Å². The molecule has 1 aromatic heterocycles. The average Bonchev–Trinajstić information content (AvgIpc) is 2.55. The number of hydrogen-bond acceptors (Lipinski definition) is 2. The molecule has 0 aliphatic carbocycles. The van der Waals surface area contributed by atoms with Gasteiger partial charge < -0.3 is 5.32 Å². The number of nitrogens with zero attached hydrogens (tertiary/aromatic N) is 1. The van der Waals surface area contributed by atoms with Crippen LogP contribution in [0.4, 0.5) is 5.69 Å². The van der Waals surface area contributed by atoms with Crippen LogP contribution in [-0.4, -0.2) is 10.9 Å². The van der Waals surface area contributed by atoms with Gasteiger partial charge in [0.15, 0.2) is 0 Å². The normalized spacial score (nSPS) is 12.1. The van der Waals surface area contributed by atoms with Gasteiger partial charge in [-0.3, -0.25) is 9.78 Å². The molecule has 1 atom stereocenters. The Morgan fingerprint density at radius 1 is 1.17 bits per heavy atom. The van der Waals surface area contributed by atoms with Gasteiger partial charge in [0.05, 0.1) is 11.2 Å². The van der Waals surface area contributed by atoms with E-state index in [0.717, 1.165) is 22.2 Å². The molecule has 0 fully saturated rings. The van der Waals surface area contributed by atoms with Gasteiger partial charge in [-0.2, -0.15) is 0 Å². The van der Waals surface area contributed by atoms with E-state index in [1.54, 1.807) is 6.20 Å². The number of pyridine rings is 1. The quantitative estimate of drug-likeness (QED) is 0.732. The molecule has 0 spiro atoms. The summed E-state index contributed by atoms with van der Waals surface area (Å²) in [5, 5.41) is 4.66. The first-order chi connectivity index (χ1) is 11.1. The number of para-hydroxylation sites is 1. The molecule has 3 rings (SSSR count). The molecule has 0 radical (unpaired) electrons. The van der Waals surface area contributed by atoms with Gasteiger partial charge >= 0.3 is 0 Å². The van der Waals surface area contributed by atoms with E-state index in [4.69, 9.17) is 11.6 Å². The minimum absolute atomic E-state index is 0.0318. The number of carbonyl (C=O) groups is 1. The van der Waals surface area contributed by atoms with Gasteiger partial charge in [0.1, 0.15) is 0 Å². The highest BCUT2D eigenvalue weighted by molar-refractivity contribution is 6.30. The van der Waals surface area contributed by atoms with Crippen molar-refractivity contribution in [2.24, 2.45) is 0 Å². The highest BCUT2D eigenvalue weighted by Crippen LogP contribution is 2.24. The van der Waals surface area contributed by atoms with Gasteiger partial charge in [0, 0.05) is 23.0 Å². The van der Waals surface area contributed by atoms with Crippen LogP contribution in [0.25, 0.3) is 10.9 Å². The maximum absolute atomic E-state index is 12.4. The first-order valence-corrected chi connectivity index (χ1v) is 7.90. The van der Waals surface area contributed by atoms with Crippen LogP contribution in [0.15, 0.2) is 60.8 Å². The van der Waals surface area contributed by atoms with Crippen LogP contribution in [-0.2, 0) is 4.79 Å². The van der Waals surface area contributed by atoms with Crippen molar-refractivity contribution < 1.29 is 4.79 Å². The Morgan fingerprint density at radius 2 is 1.96 bits per heavy atom. The van der Waals surface area contributed by atoms with Crippen molar-refractivity contribution in [1.82, 2.24) is 4.98 Å². The predicted molar refractivity (Wildman–Crippen MR) is 94.9 cm³/mol. The number of carbonyl (C=O) groups excluding carboxylic acids is 1. The molecule has 3 aromatic rings. The van der Waals surface area contributed by atoms with Crippen LogP contribution in [0.3, 0.4) is 0 Å². The molecular formula is C19H17ClN2O. The lowest BCUT2D eigenvalue weighted by Crippen LogP contribution is -2.14. The molecule has 0 saturated heterocycles. The molecular weight excluding hydrogens is 308 g/mol. The third-order valence-electron chi connectivity index (χ3n) is 3.82. The second-order valence-corrected chi connectivity index (χ2v) is 6.03. The standard InChI is InChI=1S/C19H17ClN2O/c1-13(15-6-2-8-16(20)12-15)11-18(23)22-17-9-3-5-14-7-4-10-21-19(14)17/h2-10,12-13H,11H2,1H3,(H,22,23). The zero-order valence-corrected chi connectivity index (χ0v) is 13.5. The van der Waals surface area contributed by atoms with Crippen molar-refractivity contribution in [3.05, 3.63) is 71.4 Å². The van der Waals surface area contributed by atoms with Crippen molar-refractivity contribution >= 4 is 34.1 Å². The number of halogens is 1. The second kappa shape index (κ2) is 6.80. The maximum Gasteiger partial charge on any atom is 0.225 e.